The molecule has 0 unspecified atom stereocenters. The van der Waals surface area contributed by atoms with E-state index in [0.717, 1.165) is 66.6 Å². The number of hydrogen-bond donors (Lipinski definition) is 0. The maximum Gasteiger partial charge on any atom is 0.143 e. The first-order chi connectivity index (χ1) is 30.7. The number of para-hydroxylation sites is 1. The summed E-state index contributed by atoms with van der Waals surface area (Å²) in [6, 6.07) is 85.5. The highest BCUT2D eigenvalue weighted by molar-refractivity contribution is 6.20. The van der Waals surface area contributed by atoms with Crippen LogP contribution in [0, 0.1) is 0 Å². The molecular formula is C60H39NO. The van der Waals surface area contributed by atoms with E-state index in [-0.39, 0.29) is 0 Å². The van der Waals surface area contributed by atoms with Crippen molar-refractivity contribution in [1.82, 2.24) is 0 Å². The molecule has 0 bridgehead atoms. The molecule has 0 aliphatic heterocycles. The Morgan fingerprint density at radius 1 is 0.290 bits per heavy atom. The van der Waals surface area contributed by atoms with E-state index >= 15 is 0 Å². The molecule has 0 radical (unpaired) electrons. The summed E-state index contributed by atoms with van der Waals surface area (Å²) >= 11 is 0. The highest BCUT2D eigenvalue weighted by Crippen LogP contribution is 2.47. The van der Waals surface area contributed by atoms with Crippen molar-refractivity contribution in [1.29, 1.82) is 0 Å². The Kier molecular flexibility index (Phi) is 8.53. The lowest BCUT2D eigenvalue weighted by molar-refractivity contribution is 0.673. The molecule has 12 aromatic rings. The van der Waals surface area contributed by atoms with Gasteiger partial charge in [0, 0.05) is 33.1 Å². The third-order valence-electron chi connectivity index (χ3n) is 12.4. The molecule has 11 aromatic carbocycles. The zero-order valence-corrected chi connectivity index (χ0v) is 33.9. The van der Waals surface area contributed by atoms with E-state index in [9.17, 15) is 0 Å². The lowest BCUT2D eigenvalue weighted by Gasteiger charge is -2.29. The van der Waals surface area contributed by atoms with Gasteiger partial charge in [0.25, 0.3) is 0 Å². The SMILES string of the molecule is c1ccc(-c2cc(-c3ccccc3)cc(N(c3ccc(-c4cc5ccccc5c5ccccc45)cc3)c3ccccc3-c3cccc4oc5c6ccccc6ccc5c34)c2)cc1. The molecular weight excluding hydrogens is 751 g/mol. The summed E-state index contributed by atoms with van der Waals surface area (Å²) in [7, 11) is 0. The number of benzene rings is 11. The van der Waals surface area contributed by atoms with Gasteiger partial charge in [-0.1, -0.05) is 182 Å². The molecule has 0 fully saturated rings. The van der Waals surface area contributed by atoms with Gasteiger partial charge in [-0.05, 0) is 120 Å². The maximum atomic E-state index is 6.73. The van der Waals surface area contributed by atoms with Crippen LogP contribution >= 0.6 is 0 Å². The van der Waals surface area contributed by atoms with E-state index in [4.69, 9.17) is 4.42 Å². The summed E-state index contributed by atoms with van der Waals surface area (Å²) in [5, 5.41) is 9.53. The van der Waals surface area contributed by atoms with Crippen molar-refractivity contribution in [2.24, 2.45) is 0 Å². The molecule has 0 aliphatic carbocycles. The monoisotopic (exact) mass is 789 g/mol. The summed E-state index contributed by atoms with van der Waals surface area (Å²) in [5.41, 5.74) is 14.3. The second-order valence-corrected chi connectivity index (χ2v) is 16.0. The van der Waals surface area contributed by atoms with Crippen LogP contribution in [0.2, 0.25) is 0 Å². The Labute approximate surface area is 360 Å². The summed E-state index contributed by atoms with van der Waals surface area (Å²) in [4.78, 5) is 2.44. The van der Waals surface area contributed by atoms with Gasteiger partial charge in [0.05, 0.1) is 5.69 Å². The Hall–Kier alpha value is -8.20. The fourth-order valence-electron chi connectivity index (χ4n) is 9.52. The average Bonchev–Trinajstić information content (AvgIpc) is 3.75. The first-order valence-electron chi connectivity index (χ1n) is 21.2. The van der Waals surface area contributed by atoms with Crippen molar-refractivity contribution >= 4 is 71.3 Å². The van der Waals surface area contributed by atoms with Crippen LogP contribution < -0.4 is 4.90 Å². The smallest absolute Gasteiger partial charge is 0.143 e. The van der Waals surface area contributed by atoms with Crippen LogP contribution in [0.5, 0.6) is 0 Å². The van der Waals surface area contributed by atoms with E-state index in [1.807, 2.05) is 0 Å². The Bertz CT molecular complexity index is 3570. The highest BCUT2D eigenvalue weighted by atomic mass is 16.3. The maximum absolute atomic E-state index is 6.73. The molecule has 12 rings (SSSR count). The molecule has 290 valence electrons. The number of fused-ring (bicyclic) bond motifs is 8. The standard InChI is InChI=1S/C60H39NO/c1-3-16-40(17-4-1)45-36-46(41-18-5-2-6-19-41)38-48(37-45)61(47-33-30-43(31-34-47)56-39-44-21-8-9-22-49(44)51-24-11-12-25-52(51)56)57-28-14-13-26-53(57)54-27-15-29-58-59(54)55-35-32-42-20-7-10-23-50(42)60(55)62-58/h1-39H. The molecule has 0 atom stereocenters. The first kappa shape index (κ1) is 35.7. The minimum absolute atomic E-state index is 0.875. The predicted octanol–water partition coefficient (Wildman–Crippen LogP) is 17.2. The van der Waals surface area contributed by atoms with Crippen LogP contribution in [-0.4, -0.2) is 0 Å². The Morgan fingerprint density at radius 2 is 0.887 bits per heavy atom. The predicted molar refractivity (Wildman–Crippen MR) is 263 cm³/mol. The van der Waals surface area contributed by atoms with Crippen LogP contribution in [0.15, 0.2) is 241 Å². The van der Waals surface area contributed by atoms with Crippen LogP contribution in [0.25, 0.3) is 98.8 Å². The molecule has 0 spiro atoms. The Morgan fingerprint density at radius 3 is 1.63 bits per heavy atom. The van der Waals surface area contributed by atoms with E-state index in [2.05, 4.69) is 241 Å². The zero-order valence-electron chi connectivity index (χ0n) is 33.9. The molecule has 0 saturated heterocycles. The van der Waals surface area contributed by atoms with Crippen molar-refractivity contribution in [2.75, 3.05) is 4.90 Å². The summed E-state index contributed by atoms with van der Waals surface area (Å²) in [6.45, 7) is 0. The zero-order chi connectivity index (χ0) is 41.0. The van der Waals surface area contributed by atoms with E-state index in [0.29, 0.717) is 0 Å². The minimum Gasteiger partial charge on any atom is -0.455 e. The number of anilines is 3. The van der Waals surface area contributed by atoms with Gasteiger partial charge in [0.15, 0.2) is 0 Å². The van der Waals surface area contributed by atoms with Crippen molar-refractivity contribution in [3.05, 3.63) is 237 Å². The van der Waals surface area contributed by atoms with Gasteiger partial charge < -0.3 is 9.32 Å². The number of rotatable bonds is 7. The quantitative estimate of drug-likeness (QED) is 0.150. The fourth-order valence-corrected chi connectivity index (χ4v) is 9.52. The van der Waals surface area contributed by atoms with E-state index in [1.165, 1.54) is 49.2 Å². The summed E-state index contributed by atoms with van der Waals surface area (Å²) in [5.74, 6) is 0. The number of furan rings is 1. The van der Waals surface area contributed by atoms with Crippen molar-refractivity contribution < 1.29 is 4.42 Å². The Balaban J connectivity index is 1.10. The van der Waals surface area contributed by atoms with Crippen molar-refractivity contribution in [2.45, 2.75) is 0 Å². The number of nitrogens with zero attached hydrogens (tertiary/aromatic N) is 1. The van der Waals surface area contributed by atoms with Gasteiger partial charge in [0.2, 0.25) is 0 Å². The second kappa shape index (κ2) is 14.8. The minimum atomic E-state index is 0.875. The van der Waals surface area contributed by atoms with Gasteiger partial charge in [-0.3, -0.25) is 0 Å². The van der Waals surface area contributed by atoms with Crippen LogP contribution in [0.3, 0.4) is 0 Å². The third kappa shape index (κ3) is 6.04. The summed E-state index contributed by atoms with van der Waals surface area (Å²) < 4.78 is 6.73. The van der Waals surface area contributed by atoms with Crippen LogP contribution in [0.4, 0.5) is 17.1 Å². The number of hydrogen-bond acceptors (Lipinski definition) is 2. The highest BCUT2D eigenvalue weighted by Gasteiger charge is 2.22. The van der Waals surface area contributed by atoms with Gasteiger partial charge in [0.1, 0.15) is 11.2 Å². The lowest BCUT2D eigenvalue weighted by atomic mass is 9.93. The van der Waals surface area contributed by atoms with Gasteiger partial charge in [-0.2, -0.15) is 0 Å². The van der Waals surface area contributed by atoms with Crippen LogP contribution in [0.1, 0.15) is 0 Å². The normalized spacial score (nSPS) is 11.5. The molecule has 62 heavy (non-hydrogen) atoms. The van der Waals surface area contributed by atoms with E-state index in [1.54, 1.807) is 0 Å². The topological polar surface area (TPSA) is 16.4 Å². The second-order valence-electron chi connectivity index (χ2n) is 16.0. The molecule has 1 aromatic heterocycles. The molecule has 0 N–H and O–H groups in total. The van der Waals surface area contributed by atoms with Gasteiger partial charge in [-0.15, -0.1) is 0 Å². The summed E-state index contributed by atoms with van der Waals surface area (Å²) in [6.07, 6.45) is 0. The van der Waals surface area contributed by atoms with Crippen molar-refractivity contribution in [3.8, 4) is 44.5 Å². The van der Waals surface area contributed by atoms with Gasteiger partial charge >= 0.3 is 0 Å². The first-order valence-corrected chi connectivity index (χ1v) is 21.2. The third-order valence-corrected chi connectivity index (χ3v) is 12.4. The largest absolute Gasteiger partial charge is 0.455 e. The van der Waals surface area contributed by atoms with Crippen molar-refractivity contribution in [3.63, 3.8) is 0 Å². The molecule has 2 heteroatoms. The average molecular weight is 790 g/mol. The van der Waals surface area contributed by atoms with Crippen LogP contribution in [-0.2, 0) is 0 Å². The molecule has 2 nitrogen and oxygen atoms in total. The molecule has 0 amide bonds. The fraction of sp³-hybridized carbons (Fsp3) is 0. The van der Waals surface area contributed by atoms with E-state index < -0.39 is 0 Å². The molecule has 0 aliphatic rings. The van der Waals surface area contributed by atoms with Gasteiger partial charge in [-0.25, -0.2) is 0 Å². The molecule has 1 heterocycles. The lowest BCUT2D eigenvalue weighted by Crippen LogP contribution is -2.11. The molecule has 0 saturated carbocycles.